The van der Waals surface area contributed by atoms with E-state index in [1.807, 2.05) is 32.2 Å². The summed E-state index contributed by atoms with van der Waals surface area (Å²) in [5.41, 5.74) is 3.17. The zero-order chi connectivity index (χ0) is 19.4. The zero-order valence-corrected chi connectivity index (χ0v) is 16.0. The molecular weight excluding hydrogens is 344 g/mol. The number of hydrogen-bond acceptors (Lipinski definition) is 5. The molecule has 8 nitrogen and oxygen atoms in total. The van der Waals surface area contributed by atoms with E-state index in [-0.39, 0.29) is 24.4 Å². The normalized spacial score (nSPS) is 17.5. The van der Waals surface area contributed by atoms with E-state index in [1.165, 1.54) is 0 Å². The maximum atomic E-state index is 12.6. The van der Waals surface area contributed by atoms with Crippen molar-refractivity contribution in [3.63, 3.8) is 0 Å². The number of anilines is 1. The van der Waals surface area contributed by atoms with Gasteiger partial charge in [-0.2, -0.15) is 5.10 Å². The van der Waals surface area contributed by atoms with Gasteiger partial charge in [-0.3, -0.25) is 19.2 Å². The molecule has 8 heteroatoms. The number of carbonyl (C=O) groups excluding carboxylic acids is 2. The molecule has 1 atom stereocenters. The Hall–Kier alpha value is -2.71. The number of rotatable bonds is 5. The van der Waals surface area contributed by atoms with Crippen molar-refractivity contribution in [1.82, 2.24) is 25.3 Å². The van der Waals surface area contributed by atoms with Gasteiger partial charge in [-0.1, -0.05) is 12.1 Å². The first-order valence-corrected chi connectivity index (χ1v) is 9.05. The number of nitrogens with one attached hydrogen (secondary N) is 3. The minimum absolute atomic E-state index is 0.0316. The van der Waals surface area contributed by atoms with Crippen LogP contribution in [-0.2, 0) is 11.8 Å². The van der Waals surface area contributed by atoms with E-state index in [9.17, 15) is 9.59 Å². The Morgan fingerprint density at radius 2 is 2.19 bits per heavy atom. The van der Waals surface area contributed by atoms with E-state index >= 15 is 0 Å². The number of piperazine rings is 1. The molecule has 0 bridgehead atoms. The Morgan fingerprint density at radius 1 is 1.37 bits per heavy atom. The molecule has 3 rings (SSSR count). The van der Waals surface area contributed by atoms with Crippen LogP contribution in [-0.4, -0.2) is 59.7 Å². The lowest BCUT2D eigenvalue weighted by molar-refractivity contribution is -0.118. The quantitative estimate of drug-likeness (QED) is 0.720. The van der Waals surface area contributed by atoms with E-state index in [1.54, 1.807) is 24.0 Å². The van der Waals surface area contributed by atoms with Gasteiger partial charge in [0.2, 0.25) is 5.91 Å². The van der Waals surface area contributed by atoms with Gasteiger partial charge in [0.05, 0.1) is 17.9 Å². The zero-order valence-electron chi connectivity index (χ0n) is 16.0. The summed E-state index contributed by atoms with van der Waals surface area (Å²) in [5, 5.41) is 13.2. The standard InChI is InChI=1S/C19H26N6O2/c1-13-16(11-24(3)23-13)22-18(26)12-25-8-7-21-10-17(25)14-5-4-6-15(9-14)19(27)20-2/h4-6,9,11,17,21H,7-8,10,12H2,1-3H3,(H,20,27)(H,22,26). The van der Waals surface area contributed by atoms with Crippen molar-refractivity contribution in [3.8, 4) is 0 Å². The lowest BCUT2D eigenvalue weighted by Gasteiger charge is -2.36. The highest BCUT2D eigenvalue weighted by atomic mass is 16.2. The van der Waals surface area contributed by atoms with Crippen molar-refractivity contribution < 1.29 is 9.59 Å². The average molecular weight is 370 g/mol. The minimum atomic E-state index is -0.114. The number of aryl methyl sites for hydroxylation is 2. The Bertz CT molecular complexity index is 831. The van der Waals surface area contributed by atoms with E-state index in [0.29, 0.717) is 5.56 Å². The number of nitrogens with zero attached hydrogens (tertiary/aromatic N) is 3. The van der Waals surface area contributed by atoms with Crippen molar-refractivity contribution >= 4 is 17.5 Å². The first kappa shape index (κ1) is 19.1. The lowest BCUT2D eigenvalue weighted by Crippen LogP contribution is -2.48. The van der Waals surface area contributed by atoms with Crippen LogP contribution >= 0.6 is 0 Å². The van der Waals surface area contributed by atoms with Gasteiger partial charge < -0.3 is 16.0 Å². The second-order valence-electron chi connectivity index (χ2n) is 6.75. The van der Waals surface area contributed by atoms with Gasteiger partial charge in [-0.25, -0.2) is 0 Å². The highest BCUT2D eigenvalue weighted by molar-refractivity contribution is 5.94. The number of hydrogen-bond donors (Lipinski definition) is 3. The topological polar surface area (TPSA) is 91.3 Å². The maximum Gasteiger partial charge on any atom is 0.251 e. The van der Waals surface area contributed by atoms with Gasteiger partial charge >= 0.3 is 0 Å². The van der Waals surface area contributed by atoms with Crippen LogP contribution in [0.4, 0.5) is 5.69 Å². The van der Waals surface area contributed by atoms with Crippen molar-refractivity contribution in [3.05, 3.63) is 47.3 Å². The summed E-state index contributed by atoms with van der Waals surface area (Å²) in [4.78, 5) is 26.6. The molecule has 144 valence electrons. The molecule has 1 saturated heterocycles. The molecule has 2 aromatic rings. The van der Waals surface area contributed by atoms with Crippen LogP contribution in [0.1, 0.15) is 27.7 Å². The monoisotopic (exact) mass is 370 g/mol. The van der Waals surface area contributed by atoms with Gasteiger partial charge in [0.1, 0.15) is 0 Å². The summed E-state index contributed by atoms with van der Waals surface area (Å²) in [7, 11) is 3.45. The van der Waals surface area contributed by atoms with Gasteiger partial charge in [0, 0.05) is 51.5 Å². The van der Waals surface area contributed by atoms with Crippen LogP contribution in [0, 0.1) is 6.92 Å². The van der Waals surface area contributed by atoms with Crippen LogP contribution in [0.25, 0.3) is 0 Å². The fourth-order valence-corrected chi connectivity index (χ4v) is 3.39. The summed E-state index contributed by atoms with van der Waals surface area (Å²) in [6, 6.07) is 7.60. The Kier molecular flexibility index (Phi) is 5.88. The fourth-order valence-electron chi connectivity index (χ4n) is 3.39. The van der Waals surface area contributed by atoms with Crippen LogP contribution in [0.2, 0.25) is 0 Å². The molecule has 1 aliphatic heterocycles. The number of amides is 2. The number of benzene rings is 1. The molecule has 1 unspecified atom stereocenters. The first-order chi connectivity index (χ1) is 13.0. The van der Waals surface area contributed by atoms with E-state index in [0.717, 1.165) is 36.6 Å². The van der Waals surface area contributed by atoms with Crippen LogP contribution in [0.3, 0.4) is 0 Å². The molecule has 0 spiro atoms. The van der Waals surface area contributed by atoms with Crippen molar-refractivity contribution in [2.45, 2.75) is 13.0 Å². The van der Waals surface area contributed by atoms with Crippen LogP contribution in [0.5, 0.6) is 0 Å². The maximum absolute atomic E-state index is 12.6. The van der Waals surface area contributed by atoms with Crippen molar-refractivity contribution in [2.24, 2.45) is 7.05 Å². The molecule has 1 aromatic carbocycles. The molecule has 1 aromatic heterocycles. The highest BCUT2D eigenvalue weighted by Gasteiger charge is 2.26. The second-order valence-corrected chi connectivity index (χ2v) is 6.75. The fraction of sp³-hybridized carbons (Fsp3) is 0.421. The largest absolute Gasteiger partial charge is 0.355 e. The molecule has 2 amide bonds. The van der Waals surface area contributed by atoms with Crippen LogP contribution in [0.15, 0.2) is 30.5 Å². The summed E-state index contributed by atoms with van der Waals surface area (Å²) in [6.07, 6.45) is 1.80. The second kappa shape index (κ2) is 8.32. The Balaban J connectivity index is 1.73. The molecular formula is C19H26N6O2. The van der Waals surface area contributed by atoms with Gasteiger partial charge in [-0.05, 0) is 24.6 Å². The van der Waals surface area contributed by atoms with Gasteiger partial charge in [0.15, 0.2) is 0 Å². The molecule has 1 fully saturated rings. The molecule has 3 N–H and O–H groups in total. The predicted molar refractivity (Wildman–Crippen MR) is 104 cm³/mol. The van der Waals surface area contributed by atoms with Gasteiger partial charge in [0.25, 0.3) is 5.91 Å². The Labute approximate surface area is 158 Å². The third-order valence-electron chi connectivity index (χ3n) is 4.75. The van der Waals surface area contributed by atoms with E-state index in [4.69, 9.17) is 0 Å². The van der Waals surface area contributed by atoms with Crippen molar-refractivity contribution in [1.29, 1.82) is 0 Å². The molecule has 1 aliphatic rings. The highest BCUT2D eigenvalue weighted by Crippen LogP contribution is 2.23. The summed E-state index contributed by atoms with van der Waals surface area (Å²) < 4.78 is 1.68. The molecule has 0 radical (unpaired) electrons. The molecule has 0 saturated carbocycles. The number of carbonyl (C=O) groups is 2. The summed E-state index contributed by atoms with van der Waals surface area (Å²) in [5.74, 6) is -0.183. The predicted octanol–water partition coefficient (Wildman–Crippen LogP) is 0.673. The first-order valence-electron chi connectivity index (χ1n) is 9.05. The summed E-state index contributed by atoms with van der Waals surface area (Å²) >= 11 is 0. The minimum Gasteiger partial charge on any atom is -0.355 e. The lowest BCUT2D eigenvalue weighted by atomic mass is 10.0. The van der Waals surface area contributed by atoms with E-state index in [2.05, 4.69) is 25.9 Å². The smallest absolute Gasteiger partial charge is 0.251 e. The third-order valence-corrected chi connectivity index (χ3v) is 4.75. The summed E-state index contributed by atoms with van der Waals surface area (Å²) in [6.45, 7) is 4.47. The molecule has 0 aliphatic carbocycles. The number of aromatic nitrogens is 2. The SMILES string of the molecule is CNC(=O)c1cccc(C2CNCCN2CC(=O)Nc2cn(C)nc2C)c1. The molecule has 27 heavy (non-hydrogen) atoms. The van der Waals surface area contributed by atoms with Crippen LogP contribution < -0.4 is 16.0 Å². The van der Waals surface area contributed by atoms with E-state index < -0.39 is 0 Å². The average Bonchev–Trinajstić information content (AvgIpc) is 2.98. The van der Waals surface area contributed by atoms with Crippen molar-refractivity contribution in [2.75, 3.05) is 38.5 Å². The third kappa shape index (κ3) is 4.53. The molecule has 2 heterocycles. The van der Waals surface area contributed by atoms with Gasteiger partial charge in [-0.15, -0.1) is 0 Å². The Morgan fingerprint density at radius 3 is 2.89 bits per heavy atom.